The molecule has 0 heterocycles. The second-order valence-electron chi connectivity index (χ2n) is 2.54. The van der Waals surface area contributed by atoms with E-state index in [1.807, 2.05) is 0 Å². The fraction of sp³-hybridized carbons (Fsp3) is 1.00. The SMILES string of the molecule is CCN(CC)CC(O)C(F)(F)F.[Cu]. The molecular formula is C7H14CuF3NO. The van der Waals surface area contributed by atoms with E-state index in [9.17, 15) is 13.2 Å². The first-order valence-electron chi connectivity index (χ1n) is 3.88. The summed E-state index contributed by atoms with van der Waals surface area (Å²) in [4.78, 5) is 1.53. The van der Waals surface area contributed by atoms with Gasteiger partial charge < -0.3 is 10.0 Å². The quantitative estimate of drug-likeness (QED) is 0.757. The maximum absolute atomic E-state index is 11.8. The normalized spacial score (nSPS) is 14.1. The predicted molar refractivity (Wildman–Crippen MR) is 39.8 cm³/mol. The monoisotopic (exact) mass is 248 g/mol. The van der Waals surface area contributed by atoms with Gasteiger partial charge in [0, 0.05) is 23.6 Å². The van der Waals surface area contributed by atoms with Gasteiger partial charge in [-0.1, -0.05) is 13.8 Å². The Kier molecular flexibility index (Phi) is 8.03. The summed E-state index contributed by atoms with van der Waals surface area (Å²) < 4.78 is 35.4. The van der Waals surface area contributed by atoms with Crippen molar-refractivity contribution in [1.82, 2.24) is 4.90 Å². The van der Waals surface area contributed by atoms with E-state index in [-0.39, 0.29) is 23.6 Å². The Morgan fingerprint density at radius 3 is 1.85 bits per heavy atom. The summed E-state index contributed by atoms with van der Waals surface area (Å²) >= 11 is 0. The van der Waals surface area contributed by atoms with Gasteiger partial charge in [-0.15, -0.1) is 0 Å². The molecule has 1 atom stereocenters. The third-order valence-electron chi connectivity index (χ3n) is 1.70. The van der Waals surface area contributed by atoms with Gasteiger partial charge in [0.25, 0.3) is 0 Å². The zero-order chi connectivity index (χ0) is 9.78. The van der Waals surface area contributed by atoms with E-state index >= 15 is 0 Å². The number of halogens is 3. The molecule has 0 bridgehead atoms. The van der Waals surface area contributed by atoms with E-state index in [0.29, 0.717) is 13.1 Å². The van der Waals surface area contributed by atoms with E-state index in [2.05, 4.69) is 0 Å². The third-order valence-corrected chi connectivity index (χ3v) is 1.70. The van der Waals surface area contributed by atoms with Gasteiger partial charge >= 0.3 is 6.18 Å². The number of alkyl halides is 3. The molecular weight excluding hydrogens is 235 g/mol. The first-order valence-corrected chi connectivity index (χ1v) is 3.88. The molecule has 85 valence electrons. The van der Waals surface area contributed by atoms with Crippen molar-refractivity contribution < 1.29 is 35.3 Å². The van der Waals surface area contributed by atoms with Crippen molar-refractivity contribution in [2.75, 3.05) is 19.6 Å². The van der Waals surface area contributed by atoms with Crippen molar-refractivity contribution in [2.24, 2.45) is 0 Å². The standard InChI is InChI=1S/C7H14F3NO.Cu/c1-3-11(4-2)5-6(12)7(8,9)10;/h6,12H,3-5H2,1-2H3;. The van der Waals surface area contributed by atoms with Crippen molar-refractivity contribution in [3.63, 3.8) is 0 Å². The first kappa shape index (κ1) is 15.7. The molecule has 0 saturated heterocycles. The summed E-state index contributed by atoms with van der Waals surface area (Å²) in [5.74, 6) is 0. The minimum absolute atomic E-state index is 0. The molecule has 0 aliphatic carbocycles. The number of aliphatic hydroxyl groups excluding tert-OH is 1. The summed E-state index contributed by atoms with van der Waals surface area (Å²) in [6.07, 6.45) is -6.72. The second-order valence-corrected chi connectivity index (χ2v) is 2.54. The number of likely N-dealkylation sites (N-methyl/N-ethyl adjacent to an activating group) is 1. The van der Waals surface area contributed by atoms with Gasteiger partial charge in [-0.3, -0.25) is 0 Å². The van der Waals surface area contributed by atoms with Crippen molar-refractivity contribution in [2.45, 2.75) is 26.1 Å². The van der Waals surface area contributed by atoms with Gasteiger partial charge in [0.1, 0.15) is 0 Å². The molecule has 0 aliphatic heterocycles. The molecule has 0 aromatic heterocycles. The van der Waals surface area contributed by atoms with Gasteiger partial charge in [-0.25, -0.2) is 0 Å². The summed E-state index contributed by atoms with van der Waals surface area (Å²) in [6, 6.07) is 0. The predicted octanol–water partition coefficient (Wildman–Crippen LogP) is 1.25. The molecule has 0 amide bonds. The molecule has 0 spiro atoms. The first-order chi connectivity index (χ1) is 5.41. The van der Waals surface area contributed by atoms with Crippen LogP contribution in [0.15, 0.2) is 0 Å². The summed E-state index contributed by atoms with van der Waals surface area (Å²) in [6.45, 7) is 4.21. The Labute approximate surface area is 86.6 Å². The zero-order valence-electron chi connectivity index (χ0n) is 7.53. The van der Waals surface area contributed by atoms with Gasteiger partial charge in [0.2, 0.25) is 0 Å². The Morgan fingerprint density at radius 2 is 1.62 bits per heavy atom. The van der Waals surface area contributed by atoms with Crippen molar-refractivity contribution in [1.29, 1.82) is 0 Å². The summed E-state index contributed by atoms with van der Waals surface area (Å²) in [5.41, 5.74) is 0. The van der Waals surface area contributed by atoms with Crippen LogP contribution in [0.25, 0.3) is 0 Å². The largest absolute Gasteiger partial charge is 0.415 e. The van der Waals surface area contributed by atoms with Crippen LogP contribution in [-0.4, -0.2) is 41.9 Å². The topological polar surface area (TPSA) is 23.5 Å². The molecule has 1 N–H and O–H groups in total. The van der Waals surface area contributed by atoms with Gasteiger partial charge in [-0.2, -0.15) is 13.2 Å². The van der Waals surface area contributed by atoms with Crippen LogP contribution < -0.4 is 0 Å². The van der Waals surface area contributed by atoms with Gasteiger partial charge in [0.05, 0.1) is 0 Å². The maximum atomic E-state index is 11.8. The number of aliphatic hydroxyl groups is 1. The van der Waals surface area contributed by atoms with E-state index in [1.165, 1.54) is 4.90 Å². The van der Waals surface area contributed by atoms with Gasteiger partial charge in [-0.05, 0) is 13.1 Å². The molecule has 0 aromatic rings. The molecule has 0 aromatic carbocycles. The van der Waals surface area contributed by atoms with Crippen molar-refractivity contribution in [3.8, 4) is 0 Å². The fourth-order valence-electron chi connectivity index (χ4n) is 0.830. The summed E-state index contributed by atoms with van der Waals surface area (Å²) in [7, 11) is 0. The van der Waals surface area contributed by atoms with Crippen LogP contribution in [0.4, 0.5) is 13.2 Å². The Morgan fingerprint density at radius 1 is 1.23 bits per heavy atom. The van der Waals surface area contributed by atoms with E-state index in [4.69, 9.17) is 5.11 Å². The number of hydrogen-bond donors (Lipinski definition) is 1. The minimum atomic E-state index is -4.50. The van der Waals surface area contributed by atoms with E-state index < -0.39 is 12.3 Å². The zero-order valence-corrected chi connectivity index (χ0v) is 8.47. The number of nitrogens with zero attached hydrogens (tertiary/aromatic N) is 1. The number of rotatable bonds is 4. The molecule has 1 unspecified atom stereocenters. The van der Waals surface area contributed by atoms with Crippen LogP contribution in [0, 0.1) is 0 Å². The molecule has 6 heteroatoms. The number of hydrogen-bond acceptors (Lipinski definition) is 2. The average Bonchev–Trinajstić information content (AvgIpc) is 1.97. The van der Waals surface area contributed by atoms with E-state index in [1.54, 1.807) is 13.8 Å². The molecule has 1 radical (unpaired) electrons. The van der Waals surface area contributed by atoms with Crippen LogP contribution in [0.2, 0.25) is 0 Å². The second kappa shape index (κ2) is 6.65. The molecule has 0 aliphatic rings. The third kappa shape index (κ3) is 6.32. The van der Waals surface area contributed by atoms with Crippen LogP contribution in [0.1, 0.15) is 13.8 Å². The van der Waals surface area contributed by atoms with Crippen molar-refractivity contribution >= 4 is 0 Å². The molecule has 0 fully saturated rings. The van der Waals surface area contributed by atoms with E-state index in [0.717, 1.165) is 0 Å². The molecule has 0 rings (SSSR count). The van der Waals surface area contributed by atoms with Gasteiger partial charge in [0.15, 0.2) is 6.10 Å². The molecule has 2 nitrogen and oxygen atoms in total. The van der Waals surface area contributed by atoms with Crippen LogP contribution in [0.3, 0.4) is 0 Å². The average molecular weight is 249 g/mol. The fourth-order valence-corrected chi connectivity index (χ4v) is 0.830. The van der Waals surface area contributed by atoms with Crippen LogP contribution in [0.5, 0.6) is 0 Å². The molecule has 13 heavy (non-hydrogen) atoms. The van der Waals surface area contributed by atoms with Crippen molar-refractivity contribution in [3.05, 3.63) is 0 Å². The Bertz CT molecular complexity index is 127. The van der Waals surface area contributed by atoms with Crippen LogP contribution >= 0.6 is 0 Å². The maximum Gasteiger partial charge on any atom is 0.415 e. The minimum Gasteiger partial charge on any atom is -0.382 e. The van der Waals surface area contributed by atoms with Crippen LogP contribution in [-0.2, 0) is 17.1 Å². The summed E-state index contributed by atoms with van der Waals surface area (Å²) in [5, 5.41) is 8.65. The molecule has 0 saturated carbocycles. The Balaban J connectivity index is 0. The Hall–Kier alpha value is 0.229. The smallest absolute Gasteiger partial charge is 0.382 e.